The third kappa shape index (κ3) is 7.78. The summed E-state index contributed by atoms with van der Waals surface area (Å²) in [4.78, 5) is 10.8. The topological polar surface area (TPSA) is 37.3 Å². The lowest BCUT2D eigenvalue weighted by Gasteiger charge is -2.10. The monoisotopic (exact) mass is 262 g/mol. The summed E-state index contributed by atoms with van der Waals surface area (Å²) in [5, 5.41) is 9.98. The molecule has 1 rings (SSSR count). The molecule has 1 N–H and O–H groups in total. The van der Waals surface area contributed by atoms with E-state index in [1.54, 1.807) is 6.92 Å². The smallest absolute Gasteiger partial charge is 0.129 e. The lowest BCUT2D eigenvalue weighted by molar-refractivity contribution is -0.117. The number of benzene rings is 1. The maximum absolute atomic E-state index is 10.8. The van der Waals surface area contributed by atoms with E-state index >= 15 is 0 Å². The van der Waals surface area contributed by atoms with Gasteiger partial charge in [-0.2, -0.15) is 0 Å². The Kier molecular flexibility index (Phi) is 8.15. The highest BCUT2D eigenvalue weighted by atomic mass is 16.3. The fourth-order valence-electron chi connectivity index (χ4n) is 2.26. The summed E-state index contributed by atoms with van der Waals surface area (Å²) >= 11 is 0. The first-order chi connectivity index (χ1) is 9.20. The predicted molar refractivity (Wildman–Crippen MR) is 79.0 cm³/mol. The van der Waals surface area contributed by atoms with E-state index < -0.39 is 0 Å². The second-order valence-corrected chi connectivity index (χ2v) is 5.29. The highest BCUT2D eigenvalue weighted by Gasteiger charge is 2.05. The Morgan fingerprint density at radius 1 is 1.00 bits per heavy atom. The van der Waals surface area contributed by atoms with E-state index in [-0.39, 0.29) is 6.10 Å². The highest BCUT2D eigenvalue weighted by Crippen LogP contribution is 2.19. The molecular formula is C17H26O2. The number of hydrogen-bond acceptors (Lipinski definition) is 2. The molecule has 0 saturated carbocycles. The van der Waals surface area contributed by atoms with E-state index in [1.165, 1.54) is 19.3 Å². The SMILES string of the molecule is CC(=O)CCCCCCCCC(O)c1ccccc1. The first-order valence-electron chi connectivity index (χ1n) is 7.42. The van der Waals surface area contributed by atoms with Crippen molar-refractivity contribution in [1.29, 1.82) is 0 Å². The molecule has 0 heterocycles. The quantitative estimate of drug-likeness (QED) is 0.633. The number of hydrogen-bond donors (Lipinski definition) is 1. The van der Waals surface area contributed by atoms with Gasteiger partial charge in [0.1, 0.15) is 5.78 Å². The van der Waals surface area contributed by atoms with E-state index in [1.807, 2.05) is 30.3 Å². The van der Waals surface area contributed by atoms with Crippen LogP contribution >= 0.6 is 0 Å². The van der Waals surface area contributed by atoms with Gasteiger partial charge in [0.05, 0.1) is 6.10 Å². The summed E-state index contributed by atoms with van der Waals surface area (Å²) < 4.78 is 0. The normalized spacial score (nSPS) is 12.3. The minimum Gasteiger partial charge on any atom is -0.388 e. The molecule has 1 unspecified atom stereocenters. The number of carbonyl (C=O) groups is 1. The molecule has 1 aromatic carbocycles. The van der Waals surface area contributed by atoms with Crippen LogP contribution in [0.2, 0.25) is 0 Å². The number of Topliss-reactive ketones (excluding diaryl/α,β-unsaturated/α-hetero) is 1. The second kappa shape index (κ2) is 9.74. The van der Waals surface area contributed by atoms with Gasteiger partial charge in [-0.3, -0.25) is 0 Å². The average molecular weight is 262 g/mol. The van der Waals surface area contributed by atoms with Crippen LogP contribution < -0.4 is 0 Å². The van der Waals surface area contributed by atoms with E-state index in [0.717, 1.165) is 37.7 Å². The minimum atomic E-state index is -0.320. The van der Waals surface area contributed by atoms with Gasteiger partial charge >= 0.3 is 0 Å². The zero-order chi connectivity index (χ0) is 13.9. The van der Waals surface area contributed by atoms with Crippen molar-refractivity contribution in [3.63, 3.8) is 0 Å². The van der Waals surface area contributed by atoms with Crippen LogP contribution in [0.15, 0.2) is 30.3 Å². The van der Waals surface area contributed by atoms with Gasteiger partial charge in [-0.25, -0.2) is 0 Å². The van der Waals surface area contributed by atoms with Crippen molar-refractivity contribution >= 4 is 5.78 Å². The lowest BCUT2D eigenvalue weighted by atomic mass is 10.0. The summed E-state index contributed by atoms with van der Waals surface area (Å²) in [6.45, 7) is 1.66. The average Bonchev–Trinajstić information content (AvgIpc) is 2.42. The highest BCUT2D eigenvalue weighted by molar-refractivity contribution is 5.75. The molecule has 0 radical (unpaired) electrons. The van der Waals surface area contributed by atoms with Gasteiger partial charge in [-0.05, 0) is 25.3 Å². The summed E-state index contributed by atoms with van der Waals surface area (Å²) in [7, 11) is 0. The van der Waals surface area contributed by atoms with Crippen molar-refractivity contribution in [3.05, 3.63) is 35.9 Å². The zero-order valence-electron chi connectivity index (χ0n) is 12.0. The van der Waals surface area contributed by atoms with Crippen molar-refractivity contribution in [2.75, 3.05) is 0 Å². The van der Waals surface area contributed by atoms with Crippen LogP contribution in [0.3, 0.4) is 0 Å². The van der Waals surface area contributed by atoms with E-state index in [9.17, 15) is 9.90 Å². The number of carbonyl (C=O) groups excluding carboxylic acids is 1. The molecule has 0 bridgehead atoms. The molecule has 0 saturated heterocycles. The number of rotatable bonds is 10. The maximum atomic E-state index is 10.8. The first kappa shape index (κ1) is 15.9. The minimum absolute atomic E-state index is 0.297. The van der Waals surface area contributed by atoms with Crippen molar-refractivity contribution in [3.8, 4) is 0 Å². The molecule has 2 nitrogen and oxygen atoms in total. The number of unbranched alkanes of at least 4 members (excludes halogenated alkanes) is 5. The lowest BCUT2D eigenvalue weighted by Crippen LogP contribution is -1.96. The van der Waals surface area contributed by atoms with Gasteiger partial charge in [0.2, 0.25) is 0 Å². The van der Waals surface area contributed by atoms with Crippen molar-refractivity contribution in [2.24, 2.45) is 0 Å². The van der Waals surface area contributed by atoms with E-state index in [0.29, 0.717) is 5.78 Å². The number of ketones is 1. The molecule has 106 valence electrons. The first-order valence-corrected chi connectivity index (χ1v) is 7.42. The molecule has 1 atom stereocenters. The van der Waals surface area contributed by atoms with Crippen molar-refractivity contribution in [2.45, 2.75) is 64.4 Å². The van der Waals surface area contributed by atoms with Gasteiger partial charge in [0.25, 0.3) is 0 Å². The van der Waals surface area contributed by atoms with Gasteiger partial charge in [0, 0.05) is 6.42 Å². The van der Waals surface area contributed by atoms with Gasteiger partial charge in [0.15, 0.2) is 0 Å². The molecule has 2 heteroatoms. The molecule has 0 aliphatic rings. The zero-order valence-corrected chi connectivity index (χ0v) is 12.0. The van der Waals surface area contributed by atoms with Gasteiger partial charge < -0.3 is 9.90 Å². The summed E-state index contributed by atoms with van der Waals surface area (Å²) in [5.41, 5.74) is 1.02. The van der Waals surface area contributed by atoms with Crippen molar-refractivity contribution in [1.82, 2.24) is 0 Å². The van der Waals surface area contributed by atoms with Crippen molar-refractivity contribution < 1.29 is 9.90 Å². The van der Waals surface area contributed by atoms with Crippen LogP contribution in [0.4, 0.5) is 0 Å². The van der Waals surface area contributed by atoms with Crippen LogP contribution in [-0.2, 0) is 4.79 Å². The summed E-state index contributed by atoms with van der Waals surface area (Å²) in [6.07, 6.45) is 8.09. The fourth-order valence-corrected chi connectivity index (χ4v) is 2.26. The fraction of sp³-hybridized carbons (Fsp3) is 0.588. The molecule has 0 aliphatic heterocycles. The third-order valence-electron chi connectivity index (χ3n) is 3.44. The second-order valence-electron chi connectivity index (χ2n) is 5.29. The Hall–Kier alpha value is -1.15. The molecule has 1 aromatic rings. The molecule has 0 spiro atoms. The van der Waals surface area contributed by atoms with Crippen LogP contribution in [0.1, 0.15) is 70.0 Å². The molecular weight excluding hydrogens is 236 g/mol. The predicted octanol–water partition coefficient (Wildman–Crippen LogP) is 4.43. The Balaban J connectivity index is 1.98. The van der Waals surface area contributed by atoms with Crippen LogP contribution in [0.5, 0.6) is 0 Å². The van der Waals surface area contributed by atoms with Crippen LogP contribution in [0.25, 0.3) is 0 Å². The Morgan fingerprint density at radius 3 is 2.21 bits per heavy atom. The Morgan fingerprint density at radius 2 is 1.58 bits per heavy atom. The number of aliphatic hydroxyl groups is 1. The Labute approximate surface area is 116 Å². The van der Waals surface area contributed by atoms with Crippen LogP contribution in [0, 0.1) is 0 Å². The summed E-state index contributed by atoms with van der Waals surface area (Å²) in [5.74, 6) is 0.297. The standard InChI is InChI=1S/C17H26O2/c1-15(18)11-7-4-2-3-5-10-14-17(19)16-12-8-6-9-13-16/h6,8-9,12-13,17,19H,2-5,7,10-11,14H2,1H3. The number of aliphatic hydroxyl groups excluding tert-OH is 1. The molecule has 0 aliphatic carbocycles. The molecule has 19 heavy (non-hydrogen) atoms. The third-order valence-corrected chi connectivity index (χ3v) is 3.44. The molecule has 0 fully saturated rings. The van der Waals surface area contributed by atoms with E-state index in [2.05, 4.69) is 0 Å². The van der Waals surface area contributed by atoms with Gasteiger partial charge in [-0.15, -0.1) is 0 Å². The van der Waals surface area contributed by atoms with Crippen LogP contribution in [-0.4, -0.2) is 10.9 Å². The summed E-state index contributed by atoms with van der Waals surface area (Å²) in [6, 6.07) is 9.86. The van der Waals surface area contributed by atoms with E-state index in [4.69, 9.17) is 0 Å². The molecule has 0 aromatic heterocycles. The maximum Gasteiger partial charge on any atom is 0.129 e. The molecule has 0 amide bonds. The van der Waals surface area contributed by atoms with Gasteiger partial charge in [-0.1, -0.05) is 62.4 Å². The Bertz CT molecular complexity index is 346. The largest absolute Gasteiger partial charge is 0.388 e.